The van der Waals surface area contributed by atoms with Gasteiger partial charge in [-0.05, 0) is 57.6 Å². The average Bonchev–Trinajstić information content (AvgIpc) is 3.42. The largest absolute Gasteiger partial charge is 0.469 e. The molecule has 1 aliphatic heterocycles. The Morgan fingerprint density at radius 1 is 1.09 bits per heavy atom. The third kappa shape index (κ3) is 5.08. The van der Waals surface area contributed by atoms with E-state index in [0.29, 0.717) is 42.5 Å². The van der Waals surface area contributed by atoms with Crippen LogP contribution in [0.5, 0.6) is 0 Å². The second kappa shape index (κ2) is 10.3. The van der Waals surface area contributed by atoms with Crippen LogP contribution in [0.1, 0.15) is 51.5 Å². The molecular formula is C27H33N3O4. The van der Waals surface area contributed by atoms with Gasteiger partial charge in [0.2, 0.25) is 5.91 Å². The number of likely N-dealkylation sites (tertiary alicyclic amines) is 1. The lowest BCUT2D eigenvalue weighted by molar-refractivity contribution is -0.132. The molecule has 3 heterocycles. The Balaban J connectivity index is 1.46. The number of carbonyl (C=O) groups is 2. The molecule has 2 aromatic heterocycles. The van der Waals surface area contributed by atoms with Crippen molar-refractivity contribution in [1.29, 1.82) is 0 Å². The van der Waals surface area contributed by atoms with Gasteiger partial charge in [-0.1, -0.05) is 35.5 Å². The van der Waals surface area contributed by atoms with Crippen molar-refractivity contribution in [2.24, 2.45) is 5.92 Å². The van der Waals surface area contributed by atoms with Crippen LogP contribution in [0, 0.1) is 26.7 Å². The van der Waals surface area contributed by atoms with Crippen LogP contribution < -0.4 is 0 Å². The molecule has 1 atom stereocenters. The van der Waals surface area contributed by atoms with Crippen LogP contribution in [0.3, 0.4) is 0 Å². The van der Waals surface area contributed by atoms with E-state index in [1.54, 1.807) is 12.3 Å². The van der Waals surface area contributed by atoms with E-state index in [-0.39, 0.29) is 17.9 Å². The Morgan fingerprint density at radius 2 is 1.79 bits per heavy atom. The molecule has 2 amide bonds. The lowest BCUT2D eigenvalue weighted by atomic mass is 9.84. The molecule has 0 N–H and O–H groups in total. The van der Waals surface area contributed by atoms with Crippen LogP contribution >= 0.6 is 0 Å². The fourth-order valence-electron chi connectivity index (χ4n) is 4.97. The lowest BCUT2D eigenvalue weighted by Crippen LogP contribution is -2.48. The van der Waals surface area contributed by atoms with Crippen molar-refractivity contribution in [3.05, 3.63) is 76.6 Å². The van der Waals surface area contributed by atoms with Crippen molar-refractivity contribution in [3.63, 3.8) is 0 Å². The van der Waals surface area contributed by atoms with Crippen LogP contribution in [0.2, 0.25) is 0 Å². The summed E-state index contributed by atoms with van der Waals surface area (Å²) < 4.78 is 10.6. The normalized spacial score (nSPS) is 15.4. The Morgan fingerprint density at radius 3 is 2.38 bits per heavy atom. The first-order valence-corrected chi connectivity index (χ1v) is 11.9. The van der Waals surface area contributed by atoms with Gasteiger partial charge in [0, 0.05) is 31.7 Å². The minimum Gasteiger partial charge on any atom is -0.469 e. The van der Waals surface area contributed by atoms with E-state index in [0.717, 1.165) is 30.5 Å². The van der Waals surface area contributed by atoms with E-state index in [1.807, 2.05) is 55.8 Å². The highest BCUT2D eigenvalue weighted by atomic mass is 16.5. The predicted molar refractivity (Wildman–Crippen MR) is 128 cm³/mol. The van der Waals surface area contributed by atoms with E-state index >= 15 is 0 Å². The van der Waals surface area contributed by atoms with Crippen LogP contribution in [0.15, 0.2) is 51.6 Å². The molecule has 7 nitrogen and oxygen atoms in total. The standard InChI is InChI=1S/C27H33N3O4/c1-18-24(20(3)34-28-18)17-26(31)30-13-10-22(11-14-30)25(16-21-8-6-5-7-9-21)29(4)27(32)23-12-15-33-19(23)2/h5-9,12,15,22,25H,10-11,13-14,16-17H2,1-4H3/t25-/m0/s1. The molecule has 180 valence electrons. The number of nitrogens with zero attached hydrogens (tertiary/aromatic N) is 3. The highest BCUT2D eigenvalue weighted by molar-refractivity contribution is 5.95. The van der Waals surface area contributed by atoms with E-state index < -0.39 is 0 Å². The zero-order valence-electron chi connectivity index (χ0n) is 20.4. The van der Waals surface area contributed by atoms with Gasteiger partial charge in [-0.25, -0.2) is 0 Å². The van der Waals surface area contributed by atoms with Crippen LogP contribution in [0.25, 0.3) is 0 Å². The molecule has 1 saturated heterocycles. The molecule has 0 unspecified atom stereocenters. The first kappa shape index (κ1) is 23.8. The molecule has 0 saturated carbocycles. The van der Waals surface area contributed by atoms with Gasteiger partial charge < -0.3 is 18.7 Å². The summed E-state index contributed by atoms with van der Waals surface area (Å²) in [6, 6.07) is 12.1. The van der Waals surface area contributed by atoms with Gasteiger partial charge in [0.15, 0.2) is 0 Å². The van der Waals surface area contributed by atoms with Crippen molar-refractivity contribution in [2.45, 2.75) is 52.5 Å². The minimum atomic E-state index is -0.0240. The molecule has 1 fully saturated rings. The monoisotopic (exact) mass is 463 g/mol. The second-order valence-corrected chi connectivity index (χ2v) is 9.26. The van der Waals surface area contributed by atoms with Gasteiger partial charge in [0.25, 0.3) is 5.91 Å². The topological polar surface area (TPSA) is 79.8 Å². The summed E-state index contributed by atoms with van der Waals surface area (Å²) in [5.74, 6) is 1.72. The second-order valence-electron chi connectivity index (χ2n) is 9.26. The number of aryl methyl sites for hydroxylation is 3. The Kier molecular flexibility index (Phi) is 7.20. The van der Waals surface area contributed by atoms with Crippen LogP contribution in [-0.4, -0.2) is 52.9 Å². The molecule has 4 rings (SSSR count). The summed E-state index contributed by atoms with van der Waals surface area (Å²) in [6.07, 6.45) is 4.36. The summed E-state index contributed by atoms with van der Waals surface area (Å²) in [6.45, 7) is 6.90. The molecule has 0 aliphatic carbocycles. The number of aromatic nitrogens is 1. The van der Waals surface area contributed by atoms with E-state index in [1.165, 1.54) is 5.56 Å². The molecule has 0 radical (unpaired) electrons. The number of amides is 2. The molecule has 3 aromatic rings. The number of furan rings is 1. The van der Waals surface area contributed by atoms with Gasteiger partial charge in [-0.3, -0.25) is 9.59 Å². The summed E-state index contributed by atoms with van der Waals surface area (Å²) in [7, 11) is 1.89. The van der Waals surface area contributed by atoms with E-state index in [4.69, 9.17) is 8.94 Å². The van der Waals surface area contributed by atoms with Crippen molar-refractivity contribution in [3.8, 4) is 0 Å². The fraction of sp³-hybridized carbons (Fsp3) is 0.444. The maximum atomic E-state index is 13.3. The first-order chi connectivity index (χ1) is 16.3. The SMILES string of the molecule is Cc1noc(C)c1CC(=O)N1CCC([C@H](Cc2ccccc2)N(C)C(=O)c2ccoc2C)CC1. The van der Waals surface area contributed by atoms with Gasteiger partial charge in [0.1, 0.15) is 11.5 Å². The van der Waals surface area contributed by atoms with Gasteiger partial charge in [0.05, 0.1) is 23.9 Å². The Hall–Kier alpha value is -3.35. The predicted octanol–water partition coefficient (Wildman–Crippen LogP) is 4.36. The number of benzene rings is 1. The van der Waals surface area contributed by atoms with E-state index in [9.17, 15) is 9.59 Å². The Bertz CT molecular complexity index is 1110. The molecule has 1 aromatic carbocycles. The number of hydrogen-bond acceptors (Lipinski definition) is 5. The number of hydrogen-bond donors (Lipinski definition) is 0. The minimum absolute atomic E-state index is 0.0240. The first-order valence-electron chi connectivity index (χ1n) is 11.9. The molecule has 0 spiro atoms. The highest BCUT2D eigenvalue weighted by Gasteiger charge is 2.34. The van der Waals surface area contributed by atoms with Crippen molar-refractivity contribution < 1.29 is 18.5 Å². The maximum absolute atomic E-state index is 13.3. The smallest absolute Gasteiger partial charge is 0.257 e. The molecule has 0 bridgehead atoms. The lowest BCUT2D eigenvalue weighted by Gasteiger charge is -2.40. The van der Waals surface area contributed by atoms with Gasteiger partial charge in [-0.15, -0.1) is 0 Å². The number of carbonyl (C=O) groups excluding carboxylic acids is 2. The zero-order valence-corrected chi connectivity index (χ0v) is 20.4. The third-order valence-corrected chi connectivity index (χ3v) is 7.14. The Labute approximate surface area is 200 Å². The summed E-state index contributed by atoms with van der Waals surface area (Å²) >= 11 is 0. The highest BCUT2D eigenvalue weighted by Crippen LogP contribution is 2.28. The fourth-order valence-corrected chi connectivity index (χ4v) is 4.97. The quantitative estimate of drug-likeness (QED) is 0.520. The molecular weight excluding hydrogens is 430 g/mol. The molecule has 1 aliphatic rings. The van der Waals surface area contributed by atoms with Crippen molar-refractivity contribution in [2.75, 3.05) is 20.1 Å². The molecule has 34 heavy (non-hydrogen) atoms. The zero-order chi connectivity index (χ0) is 24.2. The molecule has 7 heteroatoms. The number of rotatable bonds is 7. The van der Waals surface area contributed by atoms with Gasteiger partial charge in [-0.2, -0.15) is 0 Å². The van der Waals surface area contributed by atoms with Crippen molar-refractivity contribution in [1.82, 2.24) is 15.0 Å². The van der Waals surface area contributed by atoms with Crippen LogP contribution in [0.4, 0.5) is 0 Å². The van der Waals surface area contributed by atoms with E-state index in [2.05, 4.69) is 17.3 Å². The summed E-state index contributed by atoms with van der Waals surface area (Å²) in [4.78, 5) is 30.1. The van der Waals surface area contributed by atoms with Crippen molar-refractivity contribution >= 4 is 11.8 Å². The number of piperidine rings is 1. The van der Waals surface area contributed by atoms with Gasteiger partial charge >= 0.3 is 0 Å². The summed E-state index contributed by atoms with van der Waals surface area (Å²) in [5.41, 5.74) is 3.47. The number of likely N-dealkylation sites (N-methyl/N-ethyl adjacent to an activating group) is 1. The van der Waals surface area contributed by atoms with Crippen LogP contribution in [-0.2, 0) is 17.6 Å². The third-order valence-electron chi connectivity index (χ3n) is 7.14. The summed E-state index contributed by atoms with van der Waals surface area (Å²) in [5, 5.41) is 3.96. The average molecular weight is 464 g/mol. The maximum Gasteiger partial charge on any atom is 0.257 e.